The monoisotopic (exact) mass is 228 g/mol. The zero-order valence-electron chi connectivity index (χ0n) is 10.2. The van der Waals surface area contributed by atoms with Gasteiger partial charge in [0.05, 0.1) is 23.8 Å². The molecule has 0 amide bonds. The number of hydrogen-bond donors (Lipinski definition) is 0. The number of anilines is 1. The molecule has 3 rings (SSSR count). The first-order valence-corrected chi connectivity index (χ1v) is 5.93. The normalized spacial score (nSPS) is 14.8. The highest BCUT2D eigenvalue weighted by molar-refractivity contribution is 5.64. The zero-order chi connectivity index (χ0) is 11.8. The quantitative estimate of drug-likeness (QED) is 0.747. The van der Waals surface area contributed by atoms with E-state index in [4.69, 9.17) is 0 Å². The second-order valence-electron chi connectivity index (χ2n) is 4.63. The summed E-state index contributed by atoms with van der Waals surface area (Å²) in [6.07, 6.45) is 8.22. The Kier molecular flexibility index (Phi) is 2.35. The Morgan fingerprint density at radius 3 is 2.88 bits per heavy atom. The summed E-state index contributed by atoms with van der Waals surface area (Å²) in [5, 5.41) is 4.19. The van der Waals surface area contributed by atoms with Crippen molar-refractivity contribution in [2.24, 2.45) is 7.05 Å². The van der Waals surface area contributed by atoms with Gasteiger partial charge in [-0.2, -0.15) is 5.10 Å². The van der Waals surface area contributed by atoms with Crippen molar-refractivity contribution in [2.75, 3.05) is 18.5 Å². The molecule has 3 heterocycles. The minimum atomic E-state index is 1.02. The van der Waals surface area contributed by atoms with Gasteiger partial charge in [-0.15, -0.1) is 0 Å². The molecule has 0 fully saturated rings. The van der Waals surface area contributed by atoms with Gasteiger partial charge in [-0.25, -0.2) is 0 Å². The average Bonchev–Trinajstić information content (AvgIpc) is 2.76. The van der Waals surface area contributed by atoms with Gasteiger partial charge in [-0.3, -0.25) is 9.67 Å². The highest BCUT2D eigenvalue weighted by Gasteiger charge is 2.15. The largest absolute Gasteiger partial charge is 0.373 e. The smallest absolute Gasteiger partial charge is 0.0737 e. The Morgan fingerprint density at radius 1 is 1.24 bits per heavy atom. The molecular weight excluding hydrogens is 212 g/mol. The van der Waals surface area contributed by atoms with E-state index in [0.717, 1.165) is 24.2 Å². The Balaban J connectivity index is 2.03. The Morgan fingerprint density at radius 2 is 2.12 bits per heavy atom. The fourth-order valence-corrected chi connectivity index (χ4v) is 2.37. The van der Waals surface area contributed by atoms with Crippen molar-refractivity contribution in [3.63, 3.8) is 0 Å². The van der Waals surface area contributed by atoms with Crippen molar-refractivity contribution in [2.45, 2.75) is 12.8 Å². The molecule has 0 spiro atoms. The summed E-state index contributed by atoms with van der Waals surface area (Å²) in [5.74, 6) is 0. The van der Waals surface area contributed by atoms with E-state index < -0.39 is 0 Å². The number of hydrogen-bond acceptors (Lipinski definition) is 3. The van der Waals surface area contributed by atoms with E-state index >= 15 is 0 Å². The summed E-state index contributed by atoms with van der Waals surface area (Å²) >= 11 is 0. The molecule has 2 aromatic rings. The van der Waals surface area contributed by atoms with Gasteiger partial charge < -0.3 is 4.90 Å². The van der Waals surface area contributed by atoms with Crippen LogP contribution in [0.3, 0.4) is 0 Å². The molecule has 0 N–H and O–H groups in total. The fraction of sp³-hybridized carbons (Fsp3) is 0.385. The van der Waals surface area contributed by atoms with Crippen LogP contribution >= 0.6 is 0 Å². The molecule has 1 aliphatic heterocycles. The van der Waals surface area contributed by atoms with Crippen molar-refractivity contribution < 1.29 is 0 Å². The summed E-state index contributed by atoms with van der Waals surface area (Å²) in [6, 6.07) is 2.20. The summed E-state index contributed by atoms with van der Waals surface area (Å²) in [5.41, 5.74) is 4.77. The minimum Gasteiger partial charge on any atom is -0.373 e. The van der Waals surface area contributed by atoms with Crippen molar-refractivity contribution in [1.82, 2.24) is 14.8 Å². The van der Waals surface area contributed by atoms with E-state index in [2.05, 4.69) is 28.1 Å². The van der Waals surface area contributed by atoms with Gasteiger partial charge in [0.1, 0.15) is 0 Å². The number of nitrogens with zero attached hydrogens (tertiary/aromatic N) is 4. The van der Waals surface area contributed by atoms with Crippen LogP contribution < -0.4 is 4.90 Å². The number of rotatable bonds is 1. The second-order valence-corrected chi connectivity index (χ2v) is 4.63. The van der Waals surface area contributed by atoms with Crippen LogP contribution in [0.5, 0.6) is 0 Å². The number of aromatic nitrogens is 3. The minimum absolute atomic E-state index is 1.02. The Labute approximate surface area is 101 Å². The van der Waals surface area contributed by atoms with Gasteiger partial charge in [0, 0.05) is 32.4 Å². The lowest BCUT2D eigenvalue weighted by Gasteiger charge is -2.27. The molecular formula is C13H16N4. The van der Waals surface area contributed by atoms with Gasteiger partial charge in [0.25, 0.3) is 0 Å². The molecule has 0 unspecified atom stereocenters. The van der Waals surface area contributed by atoms with Gasteiger partial charge in [0.2, 0.25) is 0 Å². The third-order valence-electron chi connectivity index (χ3n) is 3.32. The molecule has 88 valence electrons. The standard InChI is InChI=1S/C13H16N4/c1-16-5-3-4-10-6-12(14-8-13(10)16)11-7-15-17(2)9-11/h6-9H,3-5H2,1-2H3. The average molecular weight is 228 g/mol. The summed E-state index contributed by atoms with van der Waals surface area (Å²) in [6.45, 7) is 1.13. The molecule has 1 aliphatic rings. The van der Waals surface area contributed by atoms with E-state index in [0.29, 0.717) is 0 Å². The van der Waals surface area contributed by atoms with Crippen LogP contribution in [0.1, 0.15) is 12.0 Å². The maximum atomic E-state index is 4.53. The summed E-state index contributed by atoms with van der Waals surface area (Å²) < 4.78 is 1.81. The molecule has 0 aliphatic carbocycles. The zero-order valence-corrected chi connectivity index (χ0v) is 10.2. The van der Waals surface area contributed by atoms with Crippen molar-refractivity contribution in [1.29, 1.82) is 0 Å². The third kappa shape index (κ3) is 1.79. The van der Waals surface area contributed by atoms with Crippen LogP contribution in [-0.4, -0.2) is 28.4 Å². The molecule has 17 heavy (non-hydrogen) atoms. The first kappa shape index (κ1) is 10.3. The fourth-order valence-electron chi connectivity index (χ4n) is 2.37. The van der Waals surface area contributed by atoms with Gasteiger partial charge in [0.15, 0.2) is 0 Å². The third-order valence-corrected chi connectivity index (χ3v) is 3.32. The maximum Gasteiger partial charge on any atom is 0.0737 e. The van der Waals surface area contributed by atoms with E-state index in [9.17, 15) is 0 Å². The lowest BCUT2D eigenvalue weighted by atomic mass is 10.0. The van der Waals surface area contributed by atoms with Gasteiger partial charge in [-0.05, 0) is 24.5 Å². The van der Waals surface area contributed by atoms with E-state index in [1.165, 1.54) is 17.7 Å². The molecule has 0 saturated carbocycles. The molecule has 0 bridgehead atoms. The Bertz CT molecular complexity index is 544. The number of fused-ring (bicyclic) bond motifs is 1. The molecule has 2 aromatic heterocycles. The first-order chi connectivity index (χ1) is 8.24. The second kappa shape index (κ2) is 3.87. The van der Waals surface area contributed by atoms with Crippen molar-refractivity contribution >= 4 is 5.69 Å². The molecule has 4 heteroatoms. The number of aryl methyl sites for hydroxylation is 2. The van der Waals surface area contributed by atoms with Crippen LogP contribution in [0.2, 0.25) is 0 Å². The SMILES string of the molecule is CN1CCCc2cc(-c3cnn(C)c3)ncc21. The van der Waals surface area contributed by atoms with Crippen LogP contribution in [-0.2, 0) is 13.5 Å². The van der Waals surface area contributed by atoms with E-state index in [1.807, 2.05) is 30.3 Å². The highest BCUT2D eigenvalue weighted by Crippen LogP contribution is 2.28. The van der Waals surface area contributed by atoms with Crippen molar-refractivity contribution in [3.05, 3.63) is 30.2 Å². The molecule has 0 saturated heterocycles. The molecule has 0 aromatic carbocycles. The number of pyridine rings is 1. The van der Waals surface area contributed by atoms with Crippen LogP contribution in [0.4, 0.5) is 5.69 Å². The highest BCUT2D eigenvalue weighted by atomic mass is 15.2. The lowest BCUT2D eigenvalue weighted by molar-refractivity contribution is 0.741. The topological polar surface area (TPSA) is 34.0 Å². The molecule has 4 nitrogen and oxygen atoms in total. The Hall–Kier alpha value is -1.84. The van der Waals surface area contributed by atoms with Crippen LogP contribution in [0.15, 0.2) is 24.7 Å². The van der Waals surface area contributed by atoms with Crippen LogP contribution in [0.25, 0.3) is 11.3 Å². The molecule has 0 atom stereocenters. The van der Waals surface area contributed by atoms with E-state index in [-0.39, 0.29) is 0 Å². The van der Waals surface area contributed by atoms with Crippen LogP contribution in [0, 0.1) is 0 Å². The predicted molar refractivity (Wildman–Crippen MR) is 68.0 cm³/mol. The van der Waals surface area contributed by atoms with E-state index in [1.54, 1.807) is 0 Å². The summed E-state index contributed by atoms with van der Waals surface area (Å²) in [7, 11) is 4.05. The van der Waals surface area contributed by atoms with Gasteiger partial charge in [-0.1, -0.05) is 0 Å². The predicted octanol–water partition coefficient (Wildman–Crippen LogP) is 1.86. The van der Waals surface area contributed by atoms with Gasteiger partial charge >= 0.3 is 0 Å². The lowest BCUT2D eigenvalue weighted by Crippen LogP contribution is -2.24. The first-order valence-electron chi connectivity index (χ1n) is 5.93. The summed E-state index contributed by atoms with van der Waals surface area (Å²) in [4.78, 5) is 6.81. The maximum absolute atomic E-state index is 4.53. The van der Waals surface area contributed by atoms with Crippen molar-refractivity contribution in [3.8, 4) is 11.3 Å². The molecule has 0 radical (unpaired) electrons.